The van der Waals surface area contributed by atoms with E-state index >= 15 is 0 Å². The number of nitrogens with zero attached hydrogens (tertiary/aromatic N) is 4. The van der Waals surface area contributed by atoms with Gasteiger partial charge in [0.15, 0.2) is 6.20 Å². The maximum atomic E-state index is 10.4. The minimum Gasteiger partial charge on any atom is -0.411 e. The molecule has 0 amide bonds. The molecule has 0 fully saturated rings. The Morgan fingerprint density at radius 2 is 2.13 bits per heavy atom. The third-order valence-electron chi connectivity index (χ3n) is 1.61. The number of para-hydroxylation sites is 1. The molecule has 1 N–H and O–H groups in total. The molecule has 0 saturated carbocycles. The van der Waals surface area contributed by atoms with Crippen LogP contribution >= 0.6 is 0 Å². The Kier molecular flexibility index (Phi) is 3.33. The molecular formula is C8H8N4O3. The van der Waals surface area contributed by atoms with Crippen molar-refractivity contribution < 1.29 is 10.2 Å². The van der Waals surface area contributed by atoms with E-state index in [4.69, 9.17) is 5.21 Å². The second-order valence-corrected chi connectivity index (χ2v) is 2.47. The summed E-state index contributed by atoms with van der Waals surface area (Å²) in [5.74, 6) is 0. The summed E-state index contributed by atoms with van der Waals surface area (Å²) < 4.78 is 0. The molecule has 78 valence electrons. The lowest BCUT2D eigenvalue weighted by Gasteiger charge is -1.91. The van der Waals surface area contributed by atoms with E-state index in [0.29, 0.717) is 5.52 Å². The molecule has 1 aromatic carbocycles. The van der Waals surface area contributed by atoms with E-state index in [1.807, 2.05) is 6.07 Å². The van der Waals surface area contributed by atoms with Gasteiger partial charge in [-0.3, -0.25) is 0 Å². The Morgan fingerprint density at radius 3 is 2.73 bits per heavy atom. The van der Waals surface area contributed by atoms with Crippen LogP contribution in [0.5, 0.6) is 0 Å². The van der Waals surface area contributed by atoms with Crippen LogP contribution in [0.3, 0.4) is 0 Å². The first-order chi connectivity index (χ1) is 7.20. The van der Waals surface area contributed by atoms with Gasteiger partial charge in [-0.05, 0) is 12.1 Å². The van der Waals surface area contributed by atoms with Crippen LogP contribution in [-0.4, -0.2) is 26.8 Å². The highest BCUT2D eigenvalue weighted by atomic mass is 16.7. The zero-order valence-corrected chi connectivity index (χ0v) is 7.65. The summed E-state index contributed by atoms with van der Waals surface area (Å²) in [5.41, 5.74) is 0.516. The molecule has 2 aromatic rings. The fourth-order valence-corrected chi connectivity index (χ4v) is 1.09. The molecule has 0 aliphatic rings. The Labute approximate surface area is 84.4 Å². The summed E-state index contributed by atoms with van der Waals surface area (Å²) in [4.78, 5) is 11.1. The van der Waals surface area contributed by atoms with Crippen LogP contribution in [0, 0.1) is 10.1 Å². The van der Waals surface area contributed by atoms with Gasteiger partial charge in [0, 0.05) is 16.6 Å². The van der Waals surface area contributed by atoms with Crippen molar-refractivity contribution in [1.82, 2.24) is 9.89 Å². The third kappa shape index (κ3) is 2.27. The van der Waals surface area contributed by atoms with Gasteiger partial charge >= 0.3 is 0 Å². The molecule has 0 atom stereocenters. The SMILES string of the molecule is C=NO.O=[N+]([O-])n1ncc2ccccc21. The van der Waals surface area contributed by atoms with Crippen LogP contribution < -0.4 is 0 Å². The number of nitro groups is 1. The van der Waals surface area contributed by atoms with Crippen molar-refractivity contribution in [3.05, 3.63) is 40.6 Å². The number of aromatic nitrogens is 2. The van der Waals surface area contributed by atoms with Crippen LogP contribution in [0.2, 0.25) is 0 Å². The predicted molar refractivity (Wildman–Crippen MR) is 53.5 cm³/mol. The summed E-state index contributed by atoms with van der Waals surface area (Å²) in [6, 6.07) is 6.99. The minimum atomic E-state index is -0.553. The van der Waals surface area contributed by atoms with Gasteiger partial charge in [-0.2, -0.15) is 0 Å². The number of hydrogen-bond donors (Lipinski definition) is 1. The van der Waals surface area contributed by atoms with E-state index < -0.39 is 5.03 Å². The van der Waals surface area contributed by atoms with E-state index in [0.717, 1.165) is 10.2 Å². The fraction of sp³-hybridized carbons (Fsp3) is 0. The normalized spacial score (nSPS) is 9.07. The number of hydrogen-bond acceptors (Lipinski definition) is 5. The predicted octanol–water partition coefficient (Wildman–Crippen LogP) is 1.15. The largest absolute Gasteiger partial charge is 0.411 e. The number of benzene rings is 1. The quantitative estimate of drug-likeness (QED) is 0.329. The van der Waals surface area contributed by atoms with Crippen molar-refractivity contribution in [2.24, 2.45) is 5.16 Å². The number of oxime groups is 1. The van der Waals surface area contributed by atoms with E-state index in [2.05, 4.69) is 17.0 Å². The van der Waals surface area contributed by atoms with Gasteiger partial charge in [-0.1, -0.05) is 12.1 Å². The fourth-order valence-electron chi connectivity index (χ4n) is 1.09. The third-order valence-corrected chi connectivity index (χ3v) is 1.61. The molecule has 0 bridgehead atoms. The summed E-state index contributed by atoms with van der Waals surface area (Å²) in [6.45, 7) is 2.67. The van der Waals surface area contributed by atoms with Gasteiger partial charge < -0.3 is 15.3 Å². The van der Waals surface area contributed by atoms with Crippen molar-refractivity contribution in [3.8, 4) is 0 Å². The molecule has 0 aliphatic carbocycles. The Hall–Kier alpha value is -2.44. The first-order valence-electron chi connectivity index (χ1n) is 3.88. The zero-order valence-electron chi connectivity index (χ0n) is 7.65. The lowest BCUT2D eigenvalue weighted by atomic mass is 10.3. The van der Waals surface area contributed by atoms with Crippen molar-refractivity contribution in [1.29, 1.82) is 0 Å². The van der Waals surface area contributed by atoms with Crippen LogP contribution in [-0.2, 0) is 0 Å². The second kappa shape index (κ2) is 4.70. The van der Waals surface area contributed by atoms with Crippen LogP contribution in [0.4, 0.5) is 0 Å². The molecule has 0 spiro atoms. The Balaban J connectivity index is 0.000000337. The van der Waals surface area contributed by atoms with Crippen LogP contribution in [0.1, 0.15) is 0 Å². The maximum absolute atomic E-state index is 10.4. The summed E-state index contributed by atoms with van der Waals surface area (Å²) in [5, 5.41) is 23.5. The van der Waals surface area contributed by atoms with Crippen LogP contribution in [0.25, 0.3) is 10.9 Å². The van der Waals surface area contributed by atoms with E-state index in [1.54, 1.807) is 18.2 Å². The number of fused-ring (bicyclic) bond motifs is 1. The highest BCUT2D eigenvalue weighted by molar-refractivity contribution is 5.77. The summed E-state index contributed by atoms with van der Waals surface area (Å²) in [6.07, 6.45) is 1.47. The summed E-state index contributed by atoms with van der Waals surface area (Å²) >= 11 is 0. The van der Waals surface area contributed by atoms with Crippen molar-refractivity contribution in [2.75, 3.05) is 0 Å². The second-order valence-electron chi connectivity index (χ2n) is 2.47. The first-order valence-corrected chi connectivity index (χ1v) is 3.88. The van der Waals surface area contributed by atoms with Gasteiger partial charge in [0.25, 0.3) is 0 Å². The van der Waals surface area contributed by atoms with E-state index in [1.165, 1.54) is 6.20 Å². The topological polar surface area (TPSA) is 93.5 Å². The molecule has 0 unspecified atom stereocenters. The molecule has 1 heterocycles. The maximum Gasteiger partial charge on any atom is 0.175 e. The molecule has 1 aromatic heterocycles. The van der Waals surface area contributed by atoms with Gasteiger partial charge in [-0.15, -0.1) is 5.16 Å². The smallest absolute Gasteiger partial charge is 0.175 e. The molecule has 0 radical (unpaired) electrons. The lowest BCUT2D eigenvalue weighted by Crippen LogP contribution is -2.09. The van der Waals surface area contributed by atoms with E-state index in [9.17, 15) is 10.1 Å². The monoisotopic (exact) mass is 208 g/mol. The van der Waals surface area contributed by atoms with Gasteiger partial charge in [0.05, 0.1) is 10.4 Å². The average Bonchev–Trinajstić information content (AvgIpc) is 2.62. The van der Waals surface area contributed by atoms with Crippen molar-refractivity contribution in [2.45, 2.75) is 0 Å². The lowest BCUT2D eigenvalue weighted by molar-refractivity contribution is -0.548. The van der Waals surface area contributed by atoms with Gasteiger partial charge in [-0.25, -0.2) is 0 Å². The van der Waals surface area contributed by atoms with Crippen molar-refractivity contribution >= 4 is 17.6 Å². The highest BCUT2D eigenvalue weighted by Crippen LogP contribution is 2.11. The molecular weight excluding hydrogens is 200 g/mol. The number of rotatable bonds is 1. The highest BCUT2D eigenvalue weighted by Gasteiger charge is 2.08. The zero-order chi connectivity index (χ0) is 11.3. The van der Waals surface area contributed by atoms with Crippen LogP contribution in [0.15, 0.2) is 35.6 Å². The Morgan fingerprint density at radius 1 is 1.53 bits per heavy atom. The molecule has 0 saturated heterocycles. The standard InChI is InChI=1S/C7H5N3O2.CH3NO/c11-10(12)9-7-4-2-1-3-6(7)5-8-9;1-2-3/h1-5H;3H,1H2. The van der Waals surface area contributed by atoms with E-state index in [-0.39, 0.29) is 0 Å². The van der Waals surface area contributed by atoms with Crippen molar-refractivity contribution in [3.63, 3.8) is 0 Å². The molecule has 2 rings (SSSR count). The minimum absolute atomic E-state index is 0.516. The summed E-state index contributed by atoms with van der Waals surface area (Å²) in [7, 11) is 0. The molecule has 0 aliphatic heterocycles. The van der Waals surface area contributed by atoms with Gasteiger partial charge in [0.1, 0.15) is 5.52 Å². The Bertz CT molecular complexity index is 479. The first kappa shape index (κ1) is 10.6. The molecule has 15 heavy (non-hydrogen) atoms. The molecule has 7 nitrogen and oxygen atoms in total. The average molecular weight is 208 g/mol. The van der Waals surface area contributed by atoms with Gasteiger partial charge in [0.2, 0.25) is 0 Å². The molecule has 7 heteroatoms.